The van der Waals surface area contributed by atoms with Gasteiger partial charge in [-0.25, -0.2) is 4.79 Å². The zero-order valence-corrected chi connectivity index (χ0v) is 9.42. The summed E-state index contributed by atoms with van der Waals surface area (Å²) in [6.45, 7) is 0.435. The van der Waals surface area contributed by atoms with Gasteiger partial charge in [-0.1, -0.05) is 0 Å². The van der Waals surface area contributed by atoms with Crippen LogP contribution in [-0.2, 0) is 14.3 Å². The van der Waals surface area contributed by atoms with Crippen LogP contribution in [0.2, 0.25) is 0 Å². The van der Waals surface area contributed by atoms with E-state index in [-0.39, 0.29) is 12.2 Å². The van der Waals surface area contributed by atoms with Crippen LogP contribution >= 0.6 is 0 Å². The van der Waals surface area contributed by atoms with Crippen molar-refractivity contribution in [3.05, 3.63) is 35.7 Å². The first-order valence-electron chi connectivity index (χ1n) is 4.96. The Morgan fingerprint density at radius 2 is 2.18 bits per heavy atom. The Kier molecular flexibility index (Phi) is 5.41. The van der Waals surface area contributed by atoms with Gasteiger partial charge >= 0.3 is 5.97 Å². The van der Waals surface area contributed by atoms with E-state index in [1.807, 2.05) is 0 Å². The summed E-state index contributed by atoms with van der Waals surface area (Å²) in [6, 6.07) is 5.19. The molecule has 0 spiro atoms. The van der Waals surface area contributed by atoms with Gasteiger partial charge in [0.2, 0.25) is 0 Å². The molecule has 88 valence electrons. The van der Waals surface area contributed by atoms with Crippen LogP contribution in [0, 0.1) is 11.3 Å². The summed E-state index contributed by atoms with van der Waals surface area (Å²) in [5, 5.41) is 8.85. The molecule has 0 amide bonds. The molecule has 0 atom stereocenters. The van der Waals surface area contributed by atoms with Crippen LogP contribution in [0.15, 0.2) is 30.1 Å². The number of ether oxygens (including phenoxy) is 2. The predicted molar refractivity (Wildman–Crippen MR) is 60.7 cm³/mol. The SMILES string of the molecule is COCCOC(=O)/C(C#N)=C/c1ccncc1. The second-order valence-corrected chi connectivity index (χ2v) is 3.08. The zero-order valence-electron chi connectivity index (χ0n) is 9.42. The molecule has 0 aliphatic heterocycles. The van der Waals surface area contributed by atoms with Crippen molar-refractivity contribution in [3.8, 4) is 6.07 Å². The number of nitriles is 1. The first-order valence-corrected chi connectivity index (χ1v) is 4.96. The third kappa shape index (κ3) is 4.45. The second kappa shape index (κ2) is 7.14. The van der Waals surface area contributed by atoms with Gasteiger partial charge in [0.15, 0.2) is 0 Å². The van der Waals surface area contributed by atoms with Crippen molar-refractivity contribution in [2.75, 3.05) is 20.3 Å². The first kappa shape index (κ1) is 12.9. The minimum atomic E-state index is -0.652. The predicted octanol–water partition coefficient (Wildman–Crippen LogP) is 1.18. The maximum absolute atomic E-state index is 11.5. The minimum absolute atomic E-state index is 0.0488. The van der Waals surface area contributed by atoms with Gasteiger partial charge in [0.25, 0.3) is 0 Å². The van der Waals surface area contributed by atoms with Gasteiger partial charge < -0.3 is 9.47 Å². The van der Waals surface area contributed by atoms with E-state index in [1.165, 1.54) is 13.2 Å². The van der Waals surface area contributed by atoms with Gasteiger partial charge in [-0.05, 0) is 23.8 Å². The Morgan fingerprint density at radius 1 is 1.47 bits per heavy atom. The Hall–Kier alpha value is -2.19. The van der Waals surface area contributed by atoms with E-state index in [0.29, 0.717) is 6.61 Å². The topological polar surface area (TPSA) is 72.2 Å². The number of aromatic nitrogens is 1. The van der Waals surface area contributed by atoms with E-state index in [0.717, 1.165) is 5.56 Å². The number of esters is 1. The molecule has 0 N–H and O–H groups in total. The van der Waals surface area contributed by atoms with E-state index in [1.54, 1.807) is 30.6 Å². The second-order valence-electron chi connectivity index (χ2n) is 3.08. The summed E-state index contributed by atoms with van der Waals surface area (Å²) in [5.41, 5.74) is 0.674. The molecule has 5 nitrogen and oxygen atoms in total. The number of nitrogens with zero attached hydrogens (tertiary/aromatic N) is 2. The van der Waals surface area contributed by atoms with Crippen molar-refractivity contribution < 1.29 is 14.3 Å². The number of rotatable bonds is 5. The van der Waals surface area contributed by atoms with Gasteiger partial charge in [0.05, 0.1) is 6.61 Å². The smallest absolute Gasteiger partial charge is 0.348 e. The molecule has 0 radical (unpaired) electrons. The molecule has 0 aliphatic carbocycles. The lowest BCUT2D eigenvalue weighted by Gasteiger charge is -2.02. The summed E-state index contributed by atoms with van der Waals surface area (Å²) >= 11 is 0. The zero-order chi connectivity index (χ0) is 12.5. The highest BCUT2D eigenvalue weighted by molar-refractivity contribution is 5.97. The monoisotopic (exact) mass is 232 g/mol. The Bertz CT molecular complexity index is 435. The summed E-state index contributed by atoms with van der Waals surface area (Å²) in [6.07, 6.45) is 4.62. The summed E-state index contributed by atoms with van der Waals surface area (Å²) in [7, 11) is 1.51. The molecule has 1 heterocycles. The highest BCUT2D eigenvalue weighted by Gasteiger charge is 2.10. The molecule has 0 bridgehead atoms. The van der Waals surface area contributed by atoms with Crippen LogP contribution < -0.4 is 0 Å². The van der Waals surface area contributed by atoms with Gasteiger partial charge in [0.1, 0.15) is 18.2 Å². The first-order chi connectivity index (χ1) is 8.27. The lowest BCUT2D eigenvalue weighted by Crippen LogP contribution is -2.11. The Labute approximate surface area is 99.3 Å². The van der Waals surface area contributed by atoms with Crippen LogP contribution in [0.3, 0.4) is 0 Å². The molecule has 5 heteroatoms. The normalized spacial score (nSPS) is 10.7. The van der Waals surface area contributed by atoms with E-state index in [9.17, 15) is 4.79 Å². The molecule has 0 aromatic carbocycles. The molecule has 17 heavy (non-hydrogen) atoms. The molecule has 1 aromatic rings. The van der Waals surface area contributed by atoms with Crippen molar-refractivity contribution in [1.29, 1.82) is 5.26 Å². The highest BCUT2D eigenvalue weighted by atomic mass is 16.6. The highest BCUT2D eigenvalue weighted by Crippen LogP contribution is 2.06. The summed E-state index contributed by atoms with van der Waals surface area (Å²) in [4.78, 5) is 15.3. The van der Waals surface area contributed by atoms with E-state index >= 15 is 0 Å². The van der Waals surface area contributed by atoms with Crippen LogP contribution in [0.5, 0.6) is 0 Å². The van der Waals surface area contributed by atoms with Crippen LogP contribution in [0.25, 0.3) is 6.08 Å². The fraction of sp³-hybridized carbons (Fsp3) is 0.250. The van der Waals surface area contributed by atoms with Crippen molar-refractivity contribution >= 4 is 12.0 Å². The number of hydrogen-bond donors (Lipinski definition) is 0. The van der Waals surface area contributed by atoms with Crippen LogP contribution in [-0.4, -0.2) is 31.3 Å². The number of hydrogen-bond acceptors (Lipinski definition) is 5. The lowest BCUT2D eigenvalue weighted by molar-refractivity contribution is -0.139. The number of methoxy groups -OCH3 is 1. The molecule has 0 fully saturated rings. The van der Waals surface area contributed by atoms with Crippen molar-refractivity contribution in [2.45, 2.75) is 0 Å². The van der Waals surface area contributed by atoms with E-state index < -0.39 is 5.97 Å². The quantitative estimate of drug-likeness (QED) is 0.330. The fourth-order valence-corrected chi connectivity index (χ4v) is 1.06. The number of carbonyl (C=O) groups excluding carboxylic acids is 1. The summed E-state index contributed by atoms with van der Waals surface area (Å²) < 4.78 is 9.57. The fourth-order valence-electron chi connectivity index (χ4n) is 1.06. The van der Waals surface area contributed by atoms with Crippen molar-refractivity contribution in [2.24, 2.45) is 0 Å². The van der Waals surface area contributed by atoms with Crippen molar-refractivity contribution in [1.82, 2.24) is 4.98 Å². The number of pyridine rings is 1. The van der Waals surface area contributed by atoms with Gasteiger partial charge in [0, 0.05) is 19.5 Å². The van der Waals surface area contributed by atoms with Crippen molar-refractivity contribution in [3.63, 3.8) is 0 Å². The molecule has 0 saturated heterocycles. The average Bonchev–Trinajstić information content (AvgIpc) is 2.37. The maximum Gasteiger partial charge on any atom is 0.348 e. The summed E-state index contributed by atoms with van der Waals surface area (Å²) in [5.74, 6) is -0.652. The standard InChI is InChI=1S/C12H12N2O3/c1-16-6-7-17-12(15)11(9-13)8-10-2-4-14-5-3-10/h2-5,8H,6-7H2,1H3/b11-8+. The Balaban J connectivity index is 2.69. The number of carbonyl (C=O) groups is 1. The minimum Gasteiger partial charge on any atom is -0.459 e. The van der Waals surface area contributed by atoms with Gasteiger partial charge in [-0.15, -0.1) is 0 Å². The maximum atomic E-state index is 11.5. The molecule has 0 saturated carbocycles. The molecular weight excluding hydrogens is 220 g/mol. The largest absolute Gasteiger partial charge is 0.459 e. The van der Waals surface area contributed by atoms with E-state index in [4.69, 9.17) is 14.7 Å². The molecule has 0 aliphatic rings. The van der Waals surface area contributed by atoms with Crippen LogP contribution in [0.1, 0.15) is 5.56 Å². The van der Waals surface area contributed by atoms with E-state index in [2.05, 4.69) is 4.98 Å². The third-order valence-corrected chi connectivity index (χ3v) is 1.88. The van der Waals surface area contributed by atoms with Crippen LogP contribution in [0.4, 0.5) is 0 Å². The van der Waals surface area contributed by atoms with Gasteiger partial charge in [-0.2, -0.15) is 5.26 Å². The molecule has 0 unspecified atom stereocenters. The Morgan fingerprint density at radius 3 is 2.76 bits per heavy atom. The average molecular weight is 232 g/mol. The molecule has 1 aromatic heterocycles. The molecular formula is C12H12N2O3. The molecule has 1 rings (SSSR count). The lowest BCUT2D eigenvalue weighted by atomic mass is 10.2. The van der Waals surface area contributed by atoms with Gasteiger partial charge in [-0.3, -0.25) is 4.98 Å². The third-order valence-electron chi connectivity index (χ3n) is 1.88.